The molecule has 0 aliphatic rings. The minimum Gasteiger partial charge on any atom is -0.410 e. The van der Waals surface area contributed by atoms with Crippen molar-refractivity contribution >= 4 is 40.6 Å². The zero-order chi connectivity index (χ0) is 20.4. The van der Waals surface area contributed by atoms with Crippen molar-refractivity contribution in [2.75, 3.05) is 12.0 Å². The van der Waals surface area contributed by atoms with Crippen LogP contribution < -0.4 is 0 Å². The third-order valence-electron chi connectivity index (χ3n) is 4.51. The summed E-state index contributed by atoms with van der Waals surface area (Å²) in [6, 6.07) is 14.1. The van der Waals surface area contributed by atoms with Crippen molar-refractivity contribution in [2.45, 2.75) is 24.0 Å². The van der Waals surface area contributed by atoms with E-state index >= 15 is 0 Å². The van der Waals surface area contributed by atoms with Gasteiger partial charge in [0.2, 0.25) is 0 Å². The number of carbonyl (C=O) groups excluding carboxylic acids is 1. The molecule has 0 atom stereocenters. The molecule has 4 aromatic rings. The lowest BCUT2D eigenvalue weighted by molar-refractivity contribution is 0.102. The summed E-state index contributed by atoms with van der Waals surface area (Å²) >= 11 is 4.51. The van der Waals surface area contributed by atoms with E-state index in [1.807, 2.05) is 43.5 Å². The van der Waals surface area contributed by atoms with Crippen LogP contribution in [0.2, 0.25) is 0 Å². The Morgan fingerprint density at radius 3 is 2.79 bits per heavy atom. The quantitative estimate of drug-likeness (QED) is 0.263. The average Bonchev–Trinajstić information content (AvgIpc) is 3.46. The molecule has 29 heavy (non-hydrogen) atoms. The summed E-state index contributed by atoms with van der Waals surface area (Å²) in [6.07, 6.45) is 2.06. The zero-order valence-corrected chi connectivity index (χ0v) is 18.7. The molecular formula is C21H19N3O2S3. The van der Waals surface area contributed by atoms with Gasteiger partial charge in [0, 0.05) is 27.5 Å². The first kappa shape index (κ1) is 20.0. The van der Waals surface area contributed by atoms with Gasteiger partial charge in [-0.1, -0.05) is 23.9 Å². The fraction of sp³-hybridized carbons (Fsp3) is 0.190. The van der Waals surface area contributed by atoms with Crippen LogP contribution in [0.15, 0.2) is 62.4 Å². The number of nitrogens with zero attached hydrogens (tertiary/aromatic N) is 3. The summed E-state index contributed by atoms with van der Waals surface area (Å²) in [5.74, 6) is 0.786. The van der Waals surface area contributed by atoms with Gasteiger partial charge in [-0.3, -0.25) is 4.79 Å². The lowest BCUT2D eigenvalue weighted by Gasteiger charge is -2.11. The van der Waals surface area contributed by atoms with E-state index in [1.54, 1.807) is 23.1 Å². The number of Topliss-reactive ketones (excluding diaryl/α,β-unsaturated/α-hetero) is 1. The van der Waals surface area contributed by atoms with Gasteiger partial charge >= 0.3 is 0 Å². The van der Waals surface area contributed by atoms with Gasteiger partial charge in [-0.15, -0.1) is 33.3 Å². The highest BCUT2D eigenvalue weighted by molar-refractivity contribution is 7.99. The van der Waals surface area contributed by atoms with Gasteiger partial charge < -0.3 is 8.98 Å². The molecule has 0 aliphatic carbocycles. The summed E-state index contributed by atoms with van der Waals surface area (Å²) in [6.45, 7) is 4.01. The Hall–Kier alpha value is -2.29. The van der Waals surface area contributed by atoms with Crippen LogP contribution in [0.4, 0.5) is 0 Å². The van der Waals surface area contributed by atoms with Gasteiger partial charge in [0.25, 0.3) is 11.1 Å². The molecule has 0 saturated heterocycles. The van der Waals surface area contributed by atoms with Gasteiger partial charge in [-0.05, 0) is 55.8 Å². The first-order chi connectivity index (χ1) is 14.1. The topological polar surface area (TPSA) is 60.9 Å². The Morgan fingerprint density at radius 1 is 1.17 bits per heavy atom. The number of thioether (sulfide) groups is 2. The Morgan fingerprint density at radius 2 is 2.03 bits per heavy atom. The van der Waals surface area contributed by atoms with Crippen LogP contribution in [-0.2, 0) is 0 Å². The van der Waals surface area contributed by atoms with Crippen LogP contribution >= 0.6 is 34.9 Å². The second-order valence-corrected chi connectivity index (χ2v) is 9.14. The summed E-state index contributed by atoms with van der Waals surface area (Å²) in [7, 11) is 0. The normalized spacial score (nSPS) is 11.1. The van der Waals surface area contributed by atoms with Crippen molar-refractivity contribution < 1.29 is 9.21 Å². The molecule has 5 nitrogen and oxygen atoms in total. The van der Waals surface area contributed by atoms with Crippen molar-refractivity contribution in [3.05, 3.63) is 64.8 Å². The minimum absolute atomic E-state index is 0.0474. The molecule has 0 unspecified atom stereocenters. The lowest BCUT2D eigenvalue weighted by atomic mass is 10.2. The molecule has 8 heteroatoms. The fourth-order valence-electron chi connectivity index (χ4n) is 3.16. The van der Waals surface area contributed by atoms with E-state index in [4.69, 9.17) is 4.42 Å². The first-order valence-electron chi connectivity index (χ1n) is 8.93. The molecule has 3 heterocycles. The standard InChI is InChI=1S/C21H19N3O2S3/c1-13-10-17(14(2)24(13)15-6-4-7-16(11-15)27-3)18(25)12-29-21-23-22-20(26-21)19-8-5-9-28-19/h4-11H,12H2,1-3H3. The molecule has 0 amide bonds. The van der Waals surface area contributed by atoms with Crippen LogP contribution in [-0.4, -0.2) is 32.6 Å². The molecule has 4 rings (SSSR count). The van der Waals surface area contributed by atoms with E-state index in [2.05, 4.69) is 39.2 Å². The monoisotopic (exact) mass is 441 g/mol. The summed E-state index contributed by atoms with van der Waals surface area (Å²) in [5.41, 5.74) is 3.77. The molecule has 0 fully saturated rings. The van der Waals surface area contributed by atoms with E-state index < -0.39 is 0 Å². The number of rotatable bonds is 7. The Kier molecular flexibility index (Phi) is 5.94. The Bertz CT molecular complexity index is 1150. The summed E-state index contributed by atoms with van der Waals surface area (Å²) < 4.78 is 7.78. The highest BCUT2D eigenvalue weighted by atomic mass is 32.2. The number of aromatic nitrogens is 3. The van der Waals surface area contributed by atoms with E-state index in [0.29, 0.717) is 11.1 Å². The molecule has 0 N–H and O–H groups in total. The van der Waals surface area contributed by atoms with Crippen LogP contribution in [0.1, 0.15) is 21.7 Å². The van der Waals surface area contributed by atoms with Gasteiger partial charge in [-0.2, -0.15) is 0 Å². The number of benzene rings is 1. The smallest absolute Gasteiger partial charge is 0.277 e. The number of hydrogen-bond acceptors (Lipinski definition) is 7. The van der Waals surface area contributed by atoms with Gasteiger partial charge in [-0.25, -0.2) is 0 Å². The second kappa shape index (κ2) is 8.61. The molecule has 0 radical (unpaired) electrons. The van der Waals surface area contributed by atoms with Crippen LogP contribution in [0.5, 0.6) is 0 Å². The summed E-state index contributed by atoms with van der Waals surface area (Å²) in [4.78, 5) is 15.0. The minimum atomic E-state index is 0.0474. The van der Waals surface area contributed by atoms with Crippen molar-refractivity contribution in [1.82, 2.24) is 14.8 Å². The van der Waals surface area contributed by atoms with Gasteiger partial charge in [0.1, 0.15) is 0 Å². The van der Waals surface area contributed by atoms with Crippen LogP contribution in [0.25, 0.3) is 16.5 Å². The highest BCUT2D eigenvalue weighted by Gasteiger charge is 2.18. The maximum absolute atomic E-state index is 12.9. The molecule has 3 aromatic heterocycles. The SMILES string of the molecule is CSc1cccc(-n2c(C)cc(C(=O)CSc3nnc(-c4cccs4)o3)c2C)c1. The third-order valence-corrected chi connectivity index (χ3v) is 6.91. The van der Waals surface area contributed by atoms with Crippen molar-refractivity contribution in [3.63, 3.8) is 0 Å². The third kappa shape index (κ3) is 4.19. The maximum atomic E-state index is 12.9. The summed E-state index contributed by atoms with van der Waals surface area (Å²) in [5, 5.41) is 10.5. The molecule has 0 bridgehead atoms. The predicted molar refractivity (Wildman–Crippen MR) is 120 cm³/mol. The van der Waals surface area contributed by atoms with E-state index in [9.17, 15) is 4.79 Å². The first-order valence-corrected chi connectivity index (χ1v) is 12.0. The van der Waals surface area contributed by atoms with Crippen molar-refractivity contribution in [2.24, 2.45) is 0 Å². The van der Waals surface area contributed by atoms with Gasteiger partial charge in [0.05, 0.1) is 10.6 Å². The Labute approximate surface area is 181 Å². The fourth-order valence-corrected chi connectivity index (χ4v) is 4.91. The number of carbonyl (C=O) groups is 1. The maximum Gasteiger partial charge on any atom is 0.277 e. The molecular weight excluding hydrogens is 422 g/mol. The number of aryl methyl sites for hydroxylation is 1. The number of thiophene rings is 1. The number of ketones is 1. The zero-order valence-electron chi connectivity index (χ0n) is 16.2. The largest absolute Gasteiger partial charge is 0.410 e. The van der Waals surface area contributed by atoms with Crippen LogP contribution in [0, 0.1) is 13.8 Å². The van der Waals surface area contributed by atoms with Crippen molar-refractivity contribution in [3.8, 4) is 16.5 Å². The molecule has 1 aromatic carbocycles. The van der Waals surface area contributed by atoms with E-state index in [-0.39, 0.29) is 11.5 Å². The highest BCUT2D eigenvalue weighted by Crippen LogP contribution is 2.28. The predicted octanol–water partition coefficient (Wildman–Crippen LogP) is 5.90. The molecule has 0 saturated carbocycles. The van der Waals surface area contributed by atoms with E-state index in [1.165, 1.54) is 16.7 Å². The van der Waals surface area contributed by atoms with Crippen LogP contribution in [0.3, 0.4) is 0 Å². The second-order valence-electron chi connectivity index (χ2n) is 6.38. The molecule has 148 valence electrons. The Balaban J connectivity index is 1.51. The lowest BCUT2D eigenvalue weighted by Crippen LogP contribution is -2.05. The molecule has 0 aliphatic heterocycles. The average molecular weight is 442 g/mol. The van der Waals surface area contributed by atoms with Gasteiger partial charge in [0.15, 0.2) is 5.78 Å². The number of hydrogen-bond donors (Lipinski definition) is 0. The van der Waals surface area contributed by atoms with Crippen molar-refractivity contribution in [1.29, 1.82) is 0 Å². The molecule has 0 spiro atoms. The van der Waals surface area contributed by atoms with E-state index in [0.717, 1.165) is 27.5 Å².